The molecule has 0 saturated heterocycles. The van der Waals surface area contributed by atoms with E-state index in [9.17, 15) is 4.79 Å². The quantitative estimate of drug-likeness (QED) is 0.806. The number of carbonyl (C=O) groups excluding carboxylic acids is 1. The Kier molecular flexibility index (Phi) is 3.25. The van der Waals surface area contributed by atoms with E-state index in [0.29, 0.717) is 5.69 Å². The minimum Gasteiger partial charge on any atom is -0.387 e. The van der Waals surface area contributed by atoms with Crippen LogP contribution in [0.5, 0.6) is 0 Å². The molecule has 0 heterocycles. The largest absolute Gasteiger partial charge is 0.387 e. The predicted octanol–water partition coefficient (Wildman–Crippen LogP) is 1.38. The first-order chi connectivity index (χ1) is 5.72. The van der Waals surface area contributed by atoms with E-state index in [4.69, 9.17) is 5.11 Å². The molecule has 0 fully saturated rings. The second kappa shape index (κ2) is 4.23. The summed E-state index contributed by atoms with van der Waals surface area (Å²) in [7, 11) is 0. The molecule has 0 saturated carbocycles. The first-order valence-electron chi connectivity index (χ1n) is 3.38. The van der Waals surface area contributed by atoms with Crippen LogP contribution in [0.4, 0.5) is 5.69 Å². The first-order valence-corrected chi connectivity index (χ1v) is 4.18. The zero-order valence-electron chi connectivity index (χ0n) is 6.25. The van der Waals surface area contributed by atoms with Crippen molar-refractivity contribution in [3.8, 4) is 0 Å². The maximum absolute atomic E-state index is 10.7. The smallest absolute Gasteiger partial charge is 0.250 e. The van der Waals surface area contributed by atoms with Gasteiger partial charge >= 0.3 is 0 Å². The summed E-state index contributed by atoms with van der Waals surface area (Å²) in [5.74, 6) is -0.409. The summed E-state index contributed by atoms with van der Waals surface area (Å²) in [6.45, 7) is -0.494. The van der Waals surface area contributed by atoms with Crippen molar-refractivity contribution in [1.29, 1.82) is 0 Å². The highest BCUT2D eigenvalue weighted by Gasteiger charge is 1.98. The molecule has 64 valence electrons. The fourth-order valence-electron chi connectivity index (χ4n) is 0.767. The highest BCUT2D eigenvalue weighted by molar-refractivity contribution is 9.10. The number of amides is 1. The molecule has 2 N–H and O–H groups in total. The van der Waals surface area contributed by atoms with E-state index >= 15 is 0 Å². The van der Waals surface area contributed by atoms with E-state index in [1.807, 2.05) is 6.07 Å². The molecule has 1 amide bonds. The zero-order valence-corrected chi connectivity index (χ0v) is 7.84. The molecule has 0 radical (unpaired) electrons. The van der Waals surface area contributed by atoms with Crippen LogP contribution in [-0.4, -0.2) is 17.6 Å². The average Bonchev–Trinajstić information content (AvgIpc) is 2.04. The van der Waals surface area contributed by atoms with Gasteiger partial charge < -0.3 is 10.4 Å². The summed E-state index contributed by atoms with van der Waals surface area (Å²) in [6.07, 6.45) is 0. The molecule has 0 unspecified atom stereocenters. The summed E-state index contributed by atoms with van der Waals surface area (Å²) in [4.78, 5) is 10.7. The van der Waals surface area contributed by atoms with Gasteiger partial charge in [0, 0.05) is 10.2 Å². The van der Waals surface area contributed by atoms with Gasteiger partial charge in [0.2, 0.25) is 5.91 Å². The van der Waals surface area contributed by atoms with E-state index in [2.05, 4.69) is 21.2 Å². The van der Waals surface area contributed by atoms with Gasteiger partial charge in [0.25, 0.3) is 0 Å². The number of halogens is 1. The zero-order chi connectivity index (χ0) is 8.97. The summed E-state index contributed by atoms with van der Waals surface area (Å²) >= 11 is 3.26. The minimum absolute atomic E-state index is 0.409. The van der Waals surface area contributed by atoms with Gasteiger partial charge in [0.15, 0.2) is 0 Å². The number of nitrogens with one attached hydrogen (secondary N) is 1. The molecular weight excluding hydrogens is 222 g/mol. The molecule has 1 aromatic carbocycles. The van der Waals surface area contributed by atoms with Crippen LogP contribution in [0.3, 0.4) is 0 Å². The molecule has 0 aromatic heterocycles. The van der Waals surface area contributed by atoms with Crippen molar-refractivity contribution >= 4 is 27.5 Å². The van der Waals surface area contributed by atoms with Gasteiger partial charge in [-0.1, -0.05) is 22.0 Å². The Morgan fingerprint density at radius 2 is 2.33 bits per heavy atom. The number of benzene rings is 1. The van der Waals surface area contributed by atoms with Gasteiger partial charge in [0.05, 0.1) is 0 Å². The van der Waals surface area contributed by atoms with E-state index < -0.39 is 12.5 Å². The fraction of sp³-hybridized carbons (Fsp3) is 0.125. The second-order valence-corrected chi connectivity index (χ2v) is 3.13. The second-order valence-electron chi connectivity index (χ2n) is 2.22. The van der Waals surface area contributed by atoms with Crippen LogP contribution >= 0.6 is 15.9 Å². The minimum atomic E-state index is -0.494. The van der Waals surface area contributed by atoms with Crippen molar-refractivity contribution < 1.29 is 9.90 Å². The van der Waals surface area contributed by atoms with Gasteiger partial charge in [-0.15, -0.1) is 0 Å². The molecule has 0 bridgehead atoms. The predicted molar refractivity (Wildman–Crippen MR) is 49.9 cm³/mol. The number of aliphatic hydroxyl groups excluding tert-OH is 1. The Bertz CT molecular complexity index is 288. The van der Waals surface area contributed by atoms with Crippen molar-refractivity contribution in [3.63, 3.8) is 0 Å². The average molecular weight is 230 g/mol. The standard InChI is InChI=1S/C8H8BrNO2/c9-6-2-1-3-7(4-6)10-8(12)5-11/h1-4,11H,5H2,(H,10,12). The van der Waals surface area contributed by atoms with Crippen molar-refractivity contribution in [2.45, 2.75) is 0 Å². The van der Waals surface area contributed by atoms with Crippen LogP contribution < -0.4 is 5.32 Å². The lowest BCUT2D eigenvalue weighted by molar-refractivity contribution is -0.118. The SMILES string of the molecule is O=C(CO)Nc1cccc(Br)c1. The van der Waals surface area contributed by atoms with E-state index in [1.54, 1.807) is 18.2 Å². The molecule has 4 heteroatoms. The van der Waals surface area contributed by atoms with Crippen LogP contribution in [0.2, 0.25) is 0 Å². The molecule has 1 aromatic rings. The third kappa shape index (κ3) is 2.64. The fourth-order valence-corrected chi connectivity index (χ4v) is 1.17. The molecule has 3 nitrogen and oxygen atoms in total. The van der Waals surface area contributed by atoms with Crippen molar-refractivity contribution in [3.05, 3.63) is 28.7 Å². The highest BCUT2D eigenvalue weighted by atomic mass is 79.9. The number of anilines is 1. The molecule has 0 atom stereocenters. The van der Waals surface area contributed by atoms with Crippen molar-refractivity contribution in [2.75, 3.05) is 11.9 Å². The van der Waals surface area contributed by atoms with Crippen molar-refractivity contribution in [1.82, 2.24) is 0 Å². The summed E-state index contributed by atoms with van der Waals surface area (Å²) in [5, 5.41) is 11.0. The Balaban J connectivity index is 2.69. The number of carbonyl (C=O) groups is 1. The molecule has 0 aliphatic heterocycles. The molecule has 0 aliphatic rings. The summed E-state index contributed by atoms with van der Waals surface area (Å²) in [5.41, 5.74) is 0.670. The topological polar surface area (TPSA) is 49.3 Å². The Labute approximate surface area is 78.5 Å². The lowest BCUT2D eigenvalue weighted by atomic mass is 10.3. The van der Waals surface area contributed by atoms with Gasteiger partial charge in [-0.05, 0) is 18.2 Å². The molecule has 0 aliphatic carbocycles. The van der Waals surface area contributed by atoms with Gasteiger partial charge in [-0.3, -0.25) is 4.79 Å². The monoisotopic (exact) mass is 229 g/mol. The molecular formula is C8H8BrNO2. The van der Waals surface area contributed by atoms with Gasteiger partial charge in [-0.2, -0.15) is 0 Å². The first kappa shape index (κ1) is 9.22. The van der Waals surface area contributed by atoms with Gasteiger partial charge in [0.1, 0.15) is 6.61 Å². The summed E-state index contributed by atoms with van der Waals surface area (Å²) < 4.78 is 0.887. The third-order valence-electron chi connectivity index (χ3n) is 1.25. The number of aliphatic hydroxyl groups is 1. The van der Waals surface area contributed by atoms with Crippen LogP contribution in [0, 0.1) is 0 Å². The van der Waals surface area contributed by atoms with Crippen LogP contribution in [0.15, 0.2) is 28.7 Å². The highest BCUT2D eigenvalue weighted by Crippen LogP contribution is 2.15. The third-order valence-corrected chi connectivity index (χ3v) is 1.75. The number of hydrogen-bond donors (Lipinski definition) is 2. The number of hydrogen-bond acceptors (Lipinski definition) is 2. The summed E-state index contributed by atoms with van der Waals surface area (Å²) in [6, 6.07) is 7.16. The van der Waals surface area contributed by atoms with Crippen LogP contribution in [-0.2, 0) is 4.79 Å². The van der Waals surface area contributed by atoms with E-state index in [0.717, 1.165) is 4.47 Å². The molecule has 1 rings (SSSR count). The molecule has 12 heavy (non-hydrogen) atoms. The lowest BCUT2D eigenvalue weighted by Crippen LogP contribution is -2.15. The van der Waals surface area contributed by atoms with Crippen molar-refractivity contribution in [2.24, 2.45) is 0 Å². The maximum Gasteiger partial charge on any atom is 0.250 e. The molecule has 0 spiro atoms. The Morgan fingerprint density at radius 1 is 1.58 bits per heavy atom. The van der Waals surface area contributed by atoms with Crippen LogP contribution in [0.1, 0.15) is 0 Å². The van der Waals surface area contributed by atoms with E-state index in [1.165, 1.54) is 0 Å². The number of rotatable bonds is 2. The maximum atomic E-state index is 10.7. The lowest BCUT2D eigenvalue weighted by Gasteiger charge is -2.02. The van der Waals surface area contributed by atoms with E-state index in [-0.39, 0.29) is 0 Å². The Morgan fingerprint density at radius 3 is 2.92 bits per heavy atom. The Hall–Kier alpha value is -0.870. The van der Waals surface area contributed by atoms with Gasteiger partial charge in [-0.25, -0.2) is 0 Å². The van der Waals surface area contributed by atoms with Crippen LogP contribution in [0.25, 0.3) is 0 Å². The normalized spacial score (nSPS) is 9.50.